The van der Waals surface area contributed by atoms with E-state index in [1.807, 2.05) is 6.07 Å². The zero-order valence-electron chi connectivity index (χ0n) is 12.1. The highest BCUT2D eigenvalue weighted by Crippen LogP contribution is 2.32. The van der Waals surface area contributed by atoms with Gasteiger partial charge < -0.3 is 14.8 Å². The first kappa shape index (κ1) is 14.1. The van der Waals surface area contributed by atoms with Crippen molar-refractivity contribution in [1.82, 2.24) is 9.97 Å². The Morgan fingerprint density at radius 3 is 2.59 bits per heavy atom. The zero-order chi connectivity index (χ0) is 15.5. The zero-order valence-corrected chi connectivity index (χ0v) is 12.1. The maximum Gasteiger partial charge on any atom is 0.162 e. The molecule has 3 aromatic rings. The molecule has 0 bridgehead atoms. The molecule has 0 aliphatic heterocycles. The third-order valence-electron chi connectivity index (χ3n) is 3.26. The maximum atomic E-state index is 13.8. The second kappa shape index (κ2) is 5.85. The molecular formula is C16H14FN3O2. The number of nitrogens with zero attached hydrogens (tertiary/aromatic N) is 2. The number of rotatable bonds is 4. The summed E-state index contributed by atoms with van der Waals surface area (Å²) in [7, 11) is 3.14. The van der Waals surface area contributed by atoms with Crippen molar-refractivity contribution < 1.29 is 13.9 Å². The molecule has 6 heteroatoms. The molecule has 0 spiro atoms. The van der Waals surface area contributed by atoms with Gasteiger partial charge in [-0.1, -0.05) is 6.07 Å². The normalized spacial score (nSPS) is 10.5. The molecule has 1 heterocycles. The van der Waals surface area contributed by atoms with E-state index in [4.69, 9.17) is 9.47 Å². The monoisotopic (exact) mass is 299 g/mol. The van der Waals surface area contributed by atoms with Crippen LogP contribution in [0.5, 0.6) is 11.5 Å². The van der Waals surface area contributed by atoms with Gasteiger partial charge in [0.05, 0.1) is 14.2 Å². The molecular weight excluding hydrogens is 285 g/mol. The van der Waals surface area contributed by atoms with Gasteiger partial charge in [-0.25, -0.2) is 14.4 Å². The second-order valence-electron chi connectivity index (χ2n) is 4.55. The Morgan fingerprint density at radius 2 is 1.82 bits per heavy atom. The van der Waals surface area contributed by atoms with E-state index in [9.17, 15) is 4.39 Å². The minimum Gasteiger partial charge on any atom is -0.493 e. The highest BCUT2D eigenvalue weighted by atomic mass is 19.1. The van der Waals surface area contributed by atoms with E-state index in [0.717, 1.165) is 5.69 Å². The van der Waals surface area contributed by atoms with E-state index in [0.29, 0.717) is 22.7 Å². The highest BCUT2D eigenvalue weighted by Gasteiger charge is 2.09. The summed E-state index contributed by atoms with van der Waals surface area (Å²) in [4.78, 5) is 8.15. The number of benzene rings is 2. The minimum atomic E-state index is -0.379. The van der Waals surface area contributed by atoms with Crippen LogP contribution in [0.2, 0.25) is 0 Å². The van der Waals surface area contributed by atoms with E-state index >= 15 is 0 Å². The summed E-state index contributed by atoms with van der Waals surface area (Å²) in [5.41, 5.74) is 1.03. The SMILES string of the molecule is COc1ccc(Nc2ncnc3c(F)cccc23)cc1OC. The Morgan fingerprint density at radius 1 is 1.00 bits per heavy atom. The van der Waals surface area contributed by atoms with Gasteiger partial charge in [0.1, 0.15) is 23.5 Å². The van der Waals surface area contributed by atoms with Crippen LogP contribution in [0.1, 0.15) is 0 Å². The van der Waals surface area contributed by atoms with Crippen LogP contribution in [-0.4, -0.2) is 24.2 Å². The van der Waals surface area contributed by atoms with Crippen molar-refractivity contribution in [2.75, 3.05) is 19.5 Å². The number of ether oxygens (including phenoxy) is 2. The third kappa shape index (κ3) is 2.50. The van der Waals surface area contributed by atoms with Crippen LogP contribution in [0.25, 0.3) is 10.9 Å². The van der Waals surface area contributed by atoms with Gasteiger partial charge >= 0.3 is 0 Å². The molecule has 5 nitrogen and oxygen atoms in total. The topological polar surface area (TPSA) is 56.3 Å². The number of para-hydroxylation sites is 1. The lowest BCUT2D eigenvalue weighted by Crippen LogP contribution is -1.98. The molecule has 112 valence electrons. The first-order valence-corrected chi connectivity index (χ1v) is 6.61. The van der Waals surface area contributed by atoms with Gasteiger partial charge in [0.25, 0.3) is 0 Å². The second-order valence-corrected chi connectivity index (χ2v) is 4.55. The standard InChI is InChI=1S/C16H14FN3O2/c1-21-13-7-6-10(8-14(13)22-2)20-16-11-4-3-5-12(17)15(11)18-9-19-16/h3-9H,1-2H3,(H,18,19,20). The number of aromatic nitrogens is 2. The van der Waals surface area contributed by atoms with Crippen molar-refractivity contribution in [1.29, 1.82) is 0 Å². The molecule has 0 atom stereocenters. The van der Waals surface area contributed by atoms with Gasteiger partial charge in [-0.15, -0.1) is 0 Å². The first-order valence-electron chi connectivity index (χ1n) is 6.61. The average molecular weight is 299 g/mol. The van der Waals surface area contributed by atoms with E-state index < -0.39 is 0 Å². The van der Waals surface area contributed by atoms with Crippen molar-refractivity contribution in [3.8, 4) is 11.5 Å². The molecule has 0 amide bonds. The fourth-order valence-corrected chi connectivity index (χ4v) is 2.20. The quantitative estimate of drug-likeness (QED) is 0.798. The number of methoxy groups -OCH3 is 2. The van der Waals surface area contributed by atoms with Crippen LogP contribution in [0.15, 0.2) is 42.7 Å². The van der Waals surface area contributed by atoms with Crippen LogP contribution >= 0.6 is 0 Å². The molecule has 0 radical (unpaired) electrons. The summed E-state index contributed by atoms with van der Waals surface area (Å²) >= 11 is 0. The van der Waals surface area contributed by atoms with Gasteiger partial charge in [0.15, 0.2) is 11.5 Å². The Balaban J connectivity index is 2.02. The highest BCUT2D eigenvalue weighted by molar-refractivity contribution is 5.90. The molecule has 2 aromatic carbocycles. The summed E-state index contributed by atoms with van der Waals surface area (Å²) in [6.45, 7) is 0. The van der Waals surface area contributed by atoms with Gasteiger partial charge in [0, 0.05) is 17.1 Å². The number of halogens is 1. The molecule has 0 aliphatic rings. The van der Waals surface area contributed by atoms with Crippen LogP contribution in [0, 0.1) is 5.82 Å². The molecule has 22 heavy (non-hydrogen) atoms. The fourth-order valence-electron chi connectivity index (χ4n) is 2.20. The van der Waals surface area contributed by atoms with Crippen molar-refractivity contribution in [3.05, 3.63) is 48.5 Å². The smallest absolute Gasteiger partial charge is 0.162 e. The Hall–Kier alpha value is -2.89. The molecule has 3 rings (SSSR count). The first-order chi connectivity index (χ1) is 10.7. The number of fused-ring (bicyclic) bond motifs is 1. The molecule has 0 saturated heterocycles. The summed E-state index contributed by atoms with van der Waals surface area (Å²) in [5, 5.41) is 3.76. The van der Waals surface area contributed by atoms with E-state index in [1.165, 1.54) is 12.4 Å². The Bertz CT molecular complexity index is 824. The van der Waals surface area contributed by atoms with Crippen LogP contribution in [0.4, 0.5) is 15.9 Å². The number of hydrogen-bond acceptors (Lipinski definition) is 5. The molecule has 1 N–H and O–H groups in total. The summed E-state index contributed by atoms with van der Waals surface area (Å²) < 4.78 is 24.2. The predicted molar refractivity (Wildman–Crippen MR) is 82.3 cm³/mol. The van der Waals surface area contributed by atoms with Gasteiger partial charge in [0.2, 0.25) is 0 Å². The van der Waals surface area contributed by atoms with E-state index in [1.54, 1.807) is 38.5 Å². The van der Waals surface area contributed by atoms with Gasteiger partial charge in [-0.3, -0.25) is 0 Å². The lowest BCUT2D eigenvalue weighted by Gasteiger charge is -2.12. The van der Waals surface area contributed by atoms with Crippen LogP contribution in [-0.2, 0) is 0 Å². The Kier molecular flexibility index (Phi) is 3.74. The summed E-state index contributed by atoms with van der Waals surface area (Å²) in [5.74, 6) is 1.37. The number of nitrogens with one attached hydrogen (secondary N) is 1. The molecule has 0 aliphatic carbocycles. The lowest BCUT2D eigenvalue weighted by molar-refractivity contribution is 0.355. The molecule has 1 aromatic heterocycles. The largest absolute Gasteiger partial charge is 0.493 e. The summed E-state index contributed by atoms with van der Waals surface area (Å²) in [6, 6.07) is 10.2. The third-order valence-corrected chi connectivity index (χ3v) is 3.26. The van der Waals surface area contributed by atoms with Gasteiger partial charge in [-0.05, 0) is 24.3 Å². The average Bonchev–Trinajstić information content (AvgIpc) is 2.55. The van der Waals surface area contributed by atoms with Crippen molar-refractivity contribution >= 4 is 22.4 Å². The maximum absolute atomic E-state index is 13.8. The van der Waals surface area contributed by atoms with Crippen molar-refractivity contribution in [2.24, 2.45) is 0 Å². The molecule has 0 unspecified atom stereocenters. The van der Waals surface area contributed by atoms with E-state index in [2.05, 4.69) is 15.3 Å². The van der Waals surface area contributed by atoms with Crippen molar-refractivity contribution in [2.45, 2.75) is 0 Å². The molecule has 0 fully saturated rings. The predicted octanol–water partition coefficient (Wildman–Crippen LogP) is 3.53. The Labute approximate surface area is 126 Å². The fraction of sp³-hybridized carbons (Fsp3) is 0.125. The molecule has 0 saturated carbocycles. The number of hydrogen-bond donors (Lipinski definition) is 1. The minimum absolute atomic E-state index is 0.278. The lowest BCUT2D eigenvalue weighted by atomic mass is 10.2. The van der Waals surface area contributed by atoms with Crippen LogP contribution in [0.3, 0.4) is 0 Å². The summed E-state index contributed by atoms with van der Waals surface area (Å²) in [6.07, 6.45) is 1.33. The number of anilines is 2. The van der Waals surface area contributed by atoms with Crippen LogP contribution < -0.4 is 14.8 Å². The van der Waals surface area contributed by atoms with E-state index in [-0.39, 0.29) is 11.3 Å². The van der Waals surface area contributed by atoms with Gasteiger partial charge in [-0.2, -0.15) is 0 Å². The van der Waals surface area contributed by atoms with Crippen molar-refractivity contribution in [3.63, 3.8) is 0 Å².